The van der Waals surface area contributed by atoms with E-state index in [-0.39, 0.29) is 4.90 Å². The van der Waals surface area contributed by atoms with Crippen LogP contribution < -0.4 is 5.73 Å². The van der Waals surface area contributed by atoms with Crippen LogP contribution in [0, 0.1) is 0 Å². The molecule has 0 spiro atoms. The quantitative estimate of drug-likeness (QED) is 0.855. The molecule has 16 heavy (non-hydrogen) atoms. The fraction of sp³-hybridized carbons (Fsp3) is 0.222. The molecule has 7 heteroatoms. The van der Waals surface area contributed by atoms with Gasteiger partial charge in [-0.2, -0.15) is 8.78 Å². The monoisotopic (exact) mass is 249 g/mol. The summed E-state index contributed by atoms with van der Waals surface area (Å²) >= 11 is 0. The van der Waals surface area contributed by atoms with Gasteiger partial charge in [0.05, 0.1) is 4.90 Å². The van der Waals surface area contributed by atoms with Crippen LogP contribution in [-0.2, 0) is 20.6 Å². The highest BCUT2D eigenvalue weighted by Crippen LogP contribution is 2.28. The maximum Gasteiger partial charge on any atom is 0.349 e. The van der Waals surface area contributed by atoms with Gasteiger partial charge in [-0.25, -0.2) is 8.42 Å². The molecule has 0 atom stereocenters. The summed E-state index contributed by atoms with van der Waals surface area (Å²) in [6.45, 7) is 0. The minimum atomic E-state index is -3.80. The van der Waals surface area contributed by atoms with Crippen LogP contribution in [0.15, 0.2) is 29.2 Å². The number of nitrogens with two attached hydrogens (primary N) is 1. The van der Waals surface area contributed by atoms with Crippen molar-refractivity contribution in [3.05, 3.63) is 29.8 Å². The lowest BCUT2D eigenvalue weighted by atomic mass is 10.1. The molecule has 4 nitrogen and oxygen atoms in total. The Labute approximate surface area is 91.0 Å². The molecule has 1 aromatic carbocycles. The Hall–Kier alpha value is -1.50. The SMILES string of the molecule is CS(=O)(=O)c1ccc(C(F)(F)C(N)=O)cc1. The van der Waals surface area contributed by atoms with Gasteiger partial charge in [-0.15, -0.1) is 0 Å². The van der Waals surface area contributed by atoms with Crippen molar-refractivity contribution in [2.24, 2.45) is 5.73 Å². The standard InChI is InChI=1S/C9H9F2NO3S/c1-16(14,15)7-4-2-6(3-5-7)9(10,11)8(12)13/h2-5H,1H3,(H2,12,13). The van der Waals surface area contributed by atoms with E-state index in [4.69, 9.17) is 0 Å². The molecule has 0 aliphatic rings. The third-order valence-corrected chi connectivity index (χ3v) is 3.08. The highest BCUT2D eigenvalue weighted by atomic mass is 32.2. The normalized spacial score (nSPS) is 12.4. The molecule has 0 aliphatic heterocycles. The highest BCUT2D eigenvalue weighted by Gasteiger charge is 2.38. The van der Waals surface area contributed by atoms with E-state index < -0.39 is 27.2 Å². The number of carbonyl (C=O) groups is 1. The molecule has 1 rings (SSSR count). The van der Waals surface area contributed by atoms with Crippen molar-refractivity contribution in [1.82, 2.24) is 0 Å². The first-order valence-corrected chi connectivity index (χ1v) is 6.03. The molecule has 88 valence electrons. The summed E-state index contributed by atoms with van der Waals surface area (Å²) in [4.78, 5) is 10.4. The first kappa shape index (κ1) is 12.6. The average molecular weight is 249 g/mol. The van der Waals surface area contributed by atoms with E-state index >= 15 is 0 Å². The van der Waals surface area contributed by atoms with E-state index in [0.29, 0.717) is 0 Å². The van der Waals surface area contributed by atoms with E-state index in [2.05, 4.69) is 5.73 Å². The zero-order valence-corrected chi connectivity index (χ0v) is 9.09. The predicted octanol–water partition coefficient (Wildman–Crippen LogP) is 0.667. The first-order chi connectivity index (χ1) is 7.15. The number of alkyl halides is 2. The molecule has 1 aromatic rings. The summed E-state index contributed by atoms with van der Waals surface area (Å²) < 4.78 is 48.3. The number of benzene rings is 1. The molecule has 0 saturated heterocycles. The maximum absolute atomic E-state index is 13.1. The van der Waals surface area contributed by atoms with Gasteiger partial charge in [0.2, 0.25) is 0 Å². The van der Waals surface area contributed by atoms with Crippen molar-refractivity contribution in [2.45, 2.75) is 10.8 Å². The summed E-state index contributed by atoms with van der Waals surface area (Å²) in [5, 5.41) is 0. The Bertz CT molecular complexity index is 508. The Morgan fingerprint density at radius 1 is 1.25 bits per heavy atom. The molecule has 0 fully saturated rings. The zero-order valence-electron chi connectivity index (χ0n) is 8.28. The van der Waals surface area contributed by atoms with E-state index in [1.54, 1.807) is 0 Å². The van der Waals surface area contributed by atoms with Gasteiger partial charge in [0.25, 0.3) is 5.91 Å². The lowest BCUT2D eigenvalue weighted by molar-refractivity contribution is -0.143. The maximum atomic E-state index is 13.1. The Morgan fingerprint density at radius 2 is 1.69 bits per heavy atom. The minimum Gasteiger partial charge on any atom is -0.364 e. The van der Waals surface area contributed by atoms with Crippen molar-refractivity contribution in [3.8, 4) is 0 Å². The predicted molar refractivity (Wildman–Crippen MR) is 52.6 cm³/mol. The summed E-state index contributed by atoms with van der Waals surface area (Å²) in [5.41, 5.74) is 3.89. The highest BCUT2D eigenvalue weighted by molar-refractivity contribution is 7.90. The second-order valence-electron chi connectivity index (χ2n) is 3.24. The topological polar surface area (TPSA) is 77.2 Å². The number of hydrogen-bond donors (Lipinski definition) is 1. The molecule has 0 bridgehead atoms. The summed E-state index contributed by atoms with van der Waals surface area (Å²) in [6, 6.07) is 3.73. The van der Waals surface area contributed by atoms with Crippen molar-refractivity contribution < 1.29 is 22.0 Å². The summed E-state index contributed by atoms with van der Waals surface area (Å²) in [7, 11) is -3.45. The number of primary amides is 1. The van der Waals surface area contributed by atoms with Crippen LogP contribution >= 0.6 is 0 Å². The number of carbonyl (C=O) groups excluding carboxylic acids is 1. The zero-order chi connectivity index (χ0) is 12.6. The molecule has 2 N–H and O–H groups in total. The molecule has 1 amide bonds. The second-order valence-corrected chi connectivity index (χ2v) is 5.25. The van der Waals surface area contributed by atoms with E-state index in [0.717, 1.165) is 30.5 Å². The summed E-state index contributed by atoms with van der Waals surface area (Å²) in [5.74, 6) is -5.57. The van der Waals surface area contributed by atoms with E-state index in [1.807, 2.05) is 0 Å². The number of hydrogen-bond acceptors (Lipinski definition) is 3. The van der Waals surface area contributed by atoms with E-state index in [9.17, 15) is 22.0 Å². The van der Waals surface area contributed by atoms with Crippen LogP contribution in [-0.4, -0.2) is 20.6 Å². The van der Waals surface area contributed by atoms with Gasteiger partial charge in [0.15, 0.2) is 9.84 Å². The molecule has 0 aromatic heterocycles. The Kier molecular flexibility index (Phi) is 3.00. The number of halogens is 2. The van der Waals surface area contributed by atoms with Gasteiger partial charge in [-0.1, -0.05) is 12.1 Å². The second kappa shape index (κ2) is 3.82. The van der Waals surface area contributed by atoms with Crippen LogP contribution in [0.5, 0.6) is 0 Å². The van der Waals surface area contributed by atoms with Crippen molar-refractivity contribution in [3.63, 3.8) is 0 Å². The lowest BCUT2D eigenvalue weighted by Gasteiger charge is -2.12. The number of sulfone groups is 1. The van der Waals surface area contributed by atoms with Gasteiger partial charge < -0.3 is 5.73 Å². The van der Waals surface area contributed by atoms with Crippen LogP contribution in [0.3, 0.4) is 0 Å². The van der Waals surface area contributed by atoms with Crippen molar-refractivity contribution >= 4 is 15.7 Å². The number of amides is 1. The minimum absolute atomic E-state index is 0.100. The molecule has 0 unspecified atom stereocenters. The Balaban J connectivity index is 3.19. The third kappa shape index (κ3) is 2.35. The molecular formula is C9H9F2NO3S. The van der Waals surface area contributed by atoms with Gasteiger partial charge in [0, 0.05) is 11.8 Å². The number of rotatable bonds is 3. The molecular weight excluding hydrogens is 240 g/mol. The molecule has 0 radical (unpaired) electrons. The largest absolute Gasteiger partial charge is 0.364 e. The fourth-order valence-electron chi connectivity index (χ4n) is 1.05. The molecule has 0 heterocycles. The molecule has 0 saturated carbocycles. The smallest absolute Gasteiger partial charge is 0.349 e. The van der Waals surface area contributed by atoms with Gasteiger partial charge in [-0.05, 0) is 12.1 Å². The fourth-order valence-corrected chi connectivity index (χ4v) is 1.68. The van der Waals surface area contributed by atoms with Crippen LogP contribution in [0.25, 0.3) is 0 Å². The third-order valence-electron chi connectivity index (χ3n) is 1.95. The van der Waals surface area contributed by atoms with Gasteiger partial charge >= 0.3 is 5.92 Å². The van der Waals surface area contributed by atoms with Crippen LogP contribution in [0.1, 0.15) is 5.56 Å². The molecule has 0 aliphatic carbocycles. The van der Waals surface area contributed by atoms with Crippen molar-refractivity contribution in [1.29, 1.82) is 0 Å². The Morgan fingerprint density at radius 3 is 2.00 bits per heavy atom. The van der Waals surface area contributed by atoms with Gasteiger partial charge in [0.1, 0.15) is 0 Å². The average Bonchev–Trinajstić information content (AvgIpc) is 2.16. The van der Waals surface area contributed by atoms with Crippen LogP contribution in [0.2, 0.25) is 0 Å². The summed E-state index contributed by atoms with van der Waals surface area (Å²) in [6.07, 6.45) is 0.953. The van der Waals surface area contributed by atoms with Crippen LogP contribution in [0.4, 0.5) is 8.78 Å². The van der Waals surface area contributed by atoms with Gasteiger partial charge in [-0.3, -0.25) is 4.79 Å². The lowest BCUT2D eigenvalue weighted by Crippen LogP contribution is -2.32. The van der Waals surface area contributed by atoms with E-state index in [1.165, 1.54) is 0 Å². The first-order valence-electron chi connectivity index (χ1n) is 4.14. The van der Waals surface area contributed by atoms with Crippen molar-refractivity contribution in [2.75, 3.05) is 6.26 Å².